The summed E-state index contributed by atoms with van der Waals surface area (Å²) in [5.74, 6) is 0. The summed E-state index contributed by atoms with van der Waals surface area (Å²) in [5.41, 5.74) is 15.5. The van der Waals surface area contributed by atoms with Crippen LogP contribution in [-0.4, -0.2) is 119 Å². The first kappa shape index (κ1) is 91.9. The third-order valence-corrected chi connectivity index (χ3v) is 34.9. The zero-order valence-corrected chi connectivity index (χ0v) is 74.2. The minimum atomic E-state index is -2.28. The number of aromatic nitrogens is 9. The summed E-state index contributed by atoms with van der Waals surface area (Å²) >= 11 is 10.8. The van der Waals surface area contributed by atoms with Crippen LogP contribution in [0.1, 0.15) is 184 Å². The maximum atomic E-state index is 8.78. The molecule has 0 unspecified atom stereocenters. The molecule has 554 valence electrons. The number of hydrogen-bond acceptors (Lipinski definition) is 11. The van der Waals surface area contributed by atoms with Crippen LogP contribution in [-0.2, 0) is 20.1 Å². The zero-order valence-electron chi connectivity index (χ0n) is 63.6. The van der Waals surface area contributed by atoms with Gasteiger partial charge in [0, 0.05) is 43.6 Å². The van der Waals surface area contributed by atoms with Crippen LogP contribution in [0.5, 0.6) is 0 Å². The molecule has 0 aliphatic rings. The Morgan fingerprint density at radius 3 is 1.00 bits per heavy atom. The van der Waals surface area contributed by atoms with E-state index in [1.54, 1.807) is 13.3 Å². The molecular weight excluding hydrogens is 1670 g/mol. The second kappa shape index (κ2) is 56.1. The van der Waals surface area contributed by atoms with Gasteiger partial charge in [-0.3, -0.25) is 0 Å². The molecule has 3 aromatic heterocycles. The van der Waals surface area contributed by atoms with Crippen molar-refractivity contribution in [1.29, 1.82) is 1.12 Å². The van der Waals surface area contributed by atoms with Crippen LogP contribution >= 0.6 is 61.2 Å². The van der Waals surface area contributed by atoms with E-state index in [9.17, 15) is 0 Å². The first-order valence-electron chi connectivity index (χ1n) is 37.4. The standard InChI is InChI=1S/C20H16BrN7.C16H26BrN.C16H26N.C7H7N3O.C6H6BrN.4C4H9.BrH.Mg.H2S.Sn/c21-15-9-11-16(12-10-15)26(13-27-19-7-3-1-5-17(19)22-24-27)14-28-20-8-4-2-6-18(20)23-25-28;1-3-5-7-13-18(14-8-6-4-2)16-11-9-15(17)10-12-16;1-3-5-10-14-17(15-11-6-4-2)16-12-8-7-9-13-16;11-5-10-7-4-2-1-3-6(7)8-9-10;7-5-1-3-6(8)4-2-5;4*1-3-4-2;;;;/h1-12H,13-14H2;9-12H,3-8,13-14H2,1-2H3;8-9,12-13H,3-6,10-11,14-15H2,1-2H3;1-4,11H,5H2;1-4H,8H2;4*1,3-4H2,2H3;1H;;1H2;/q;;;;;;;;-1;;+2;;/p-1/i/hD. The number of aliphatic hydroxyl groups is 1. The molecule has 21 heteroatoms. The van der Waals surface area contributed by atoms with Crippen LogP contribution in [0, 0.1) is 6.92 Å². The molecule has 10 rings (SSSR count). The topological polar surface area (TPSA) is 148 Å². The van der Waals surface area contributed by atoms with E-state index in [4.69, 9.17) is 12.0 Å². The molecule has 0 aliphatic carbocycles. The number of benzene rings is 7. The number of unbranched alkanes of at least 4 members (excludes halogenated alkanes) is 12. The first-order valence-corrected chi connectivity index (χ1v) is 46.8. The minimum absolute atomic E-state index is 0. The van der Waals surface area contributed by atoms with Gasteiger partial charge in [-0.2, -0.15) is 19.8 Å². The normalized spacial score (nSPS) is 10.7. The molecular formula is C81H119Br4MgN13OSSn. The maximum Gasteiger partial charge on any atom is 2.00 e. The molecule has 14 nitrogen and oxygen atoms in total. The van der Waals surface area contributed by atoms with Crippen molar-refractivity contribution >= 4 is 162 Å². The van der Waals surface area contributed by atoms with Crippen molar-refractivity contribution in [2.45, 2.75) is 217 Å². The summed E-state index contributed by atoms with van der Waals surface area (Å²) in [5, 5.41) is 33.6. The fourth-order valence-corrected chi connectivity index (χ4v) is 28.4. The van der Waals surface area contributed by atoms with Crippen LogP contribution < -0.4 is 41.0 Å². The van der Waals surface area contributed by atoms with E-state index in [1.165, 1.54) is 164 Å². The second-order valence-electron chi connectivity index (χ2n) is 25.5. The number of anilines is 4. The Hall–Kier alpha value is -4.27. The van der Waals surface area contributed by atoms with Crippen molar-refractivity contribution in [2.24, 2.45) is 0 Å². The molecule has 10 aromatic rings. The fraction of sp³-hybridized carbons (Fsp3) is 0.469. The predicted molar refractivity (Wildman–Crippen MR) is 454 cm³/mol. The van der Waals surface area contributed by atoms with E-state index in [0.717, 1.165) is 64.3 Å². The Balaban J connectivity index is 0.000000452. The molecule has 0 saturated heterocycles. The Kier molecular flexibility index (Phi) is 50.6. The average Bonchev–Trinajstić information content (AvgIpc) is 1.80. The van der Waals surface area contributed by atoms with Crippen LogP contribution in [0.2, 0.25) is 13.3 Å². The maximum absolute atomic E-state index is 8.78. The summed E-state index contributed by atoms with van der Waals surface area (Å²) < 4.78 is 20.5. The van der Waals surface area contributed by atoms with Gasteiger partial charge in [-0.25, -0.2) is 14.0 Å². The van der Waals surface area contributed by atoms with E-state index >= 15 is 0 Å². The van der Waals surface area contributed by atoms with Crippen molar-refractivity contribution < 1.29 is 22.1 Å². The molecule has 3 N–H and O–H groups in total. The number of nitrogens with two attached hydrogens (primary N) is 1. The number of nitrogen functional groups attached to an aromatic ring is 1. The summed E-state index contributed by atoms with van der Waals surface area (Å²) in [6, 6.07) is 58.1. The predicted octanol–water partition coefficient (Wildman–Crippen LogP) is 19.4. The van der Waals surface area contributed by atoms with E-state index in [1.807, 2.05) is 122 Å². The second-order valence-corrected chi connectivity index (χ2v) is 41.5. The quantitative estimate of drug-likeness (QED) is 0.0169. The van der Waals surface area contributed by atoms with Crippen molar-refractivity contribution in [3.63, 3.8) is 0 Å². The number of rotatable bonds is 35. The molecule has 0 saturated carbocycles. The van der Waals surface area contributed by atoms with Crippen molar-refractivity contribution in [1.82, 2.24) is 45.0 Å². The van der Waals surface area contributed by atoms with Gasteiger partial charge < -0.3 is 44.5 Å². The third-order valence-electron chi connectivity index (χ3n) is 17.6. The summed E-state index contributed by atoms with van der Waals surface area (Å²) in [6.45, 7) is 27.8. The van der Waals surface area contributed by atoms with Crippen molar-refractivity contribution in [2.75, 3.05) is 46.6 Å². The van der Waals surface area contributed by atoms with Gasteiger partial charge in [0.15, 0.2) is 0 Å². The number of para-hydroxylation sites is 3. The van der Waals surface area contributed by atoms with Gasteiger partial charge in [0.2, 0.25) is 0 Å². The Labute approximate surface area is 677 Å². The summed E-state index contributed by atoms with van der Waals surface area (Å²) in [6.07, 6.45) is 26.6. The summed E-state index contributed by atoms with van der Waals surface area (Å²) in [7, 11) is 0. The van der Waals surface area contributed by atoms with E-state index in [-0.39, 0.29) is 46.8 Å². The van der Waals surface area contributed by atoms with Gasteiger partial charge in [-0.1, -0.05) is 153 Å². The van der Waals surface area contributed by atoms with E-state index < -0.39 is 18.4 Å². The molecule has 102 heavy (non-hydrogen) atoms. The molecule has 0 amide bonds. The first-order chi connectivity index (χ1) is 49.3. The van der Waals surface area contributed by atoms with Crippen molar-refractivity contribution in [3.05, 3.63) is 190 Å². The smallest absolute Gasteiger partial charge is 1.00 e. The van der Waals surface area contributed by atoms with Crippen molar-refractivity contribution in [3.8, 4) is 0 Å². The number of aliphatic hydroxyl groups excluding tert-OH is 1. The molecule has 0 fully saturated rings. The molecule has 0 spiro atoms. The van der Waals surface area contributed by atoms with Crippen LogP contribution in [0.3, 0.4) is 0 Å². The summed E-state index contributed by atoms with van der Waals surface area (Å²) in [4.78, 5) is 7.41. The van der Waals surface area contributed by atoms with Gasteiger partial charge in [-0.15, -0.1) is 15.3 Å². The SMILES string of the molecule is Brc1ccc(N(Cn2nnc3ccccc32)Cn2nnc3ccccc32)cc1.CCCCCN(CCCCC)c1cc[c]([Sn]([CH2]CCC)([CH2]CCC)[CH2]CCC)cc1.CCCCCN(CCCCC)c1ccc(Br)cc1.Nc1ccc(Br)cc1.OCn1nnc2ccccc21.[2H]S.[Br-].[CH2-]CCC.[Mg+2]. The Bertz CT molecular complexity index is 3550. The fourth-order valence-electron chi connectivity index (χ4n) is 11.7. The number of fused-ring (bicyclic) bond motifs is 3. The van der Waals surface area contributed by atoms with Gasteiger partial charge in [0.25, 0.3) is 0 Å². The zero-order chi connectivity index (χ0) is 73.3. The minimum Gasteiger partial charge on any atom is -1.00 e. The van der Waals surface area contributed by atoms with Crippen LogP contribution in [0.15, 0.2) is 183 Å². The number of hydrogen-bond donors (Lipinski definition) is 2. The van der Waals surface area contributed by atoms with E-state index in [0.29, 0.717) is 13.3 Å². The number of nitrogens with zero attached hydrogens (tertiary/aromatic N) is 12. The molecule has 0 atom stereocenters. The largest absolute Gasteiger partial charge is 2.00 e. The molecule has 0 aliphatic heterocycles. The van der Waals surface area contributed by atoms with Crippen LogP contribution in [0.25, 0.3) is 33.1 Å². The number of halogens is 4. The van der Waals surface area contributed by atoms with Gasteiger partial charge in [-0.05, 0) is 122 Å². The van der Waals surface area contributed by atoms with Gasteiger partial charge >= 0.3 is 218 Å². The Morgan fingerprint density at radius 2 is 0.696 bits per heavy atom. The van der Waals surface area contributed by atoms with E-state index in [2.05, 4.69) is 230 Å². The van der Waals surface area contributed by atoms with Gasteiger partial charge in [0.1, 0.15) is 36.6 Å². The molecule has 0 bridgehead atoms. The molecule has 0 radical (unpaired) electrons. The van der Waals surface area contributed by atoms with Crippen LogP contribution in [0.4, 0.5) is 22.7 Å². The average molecular weight is 1790 g/mol. The monoisotopic (exact) mass is 1780 g/mol. The Morgan fingerprint density at radius 1 is 0.412 bits per heavy atom. The molecule has 3 heterocycles. The van der Waals surface area contributed by atoms with Gasteiger partial charge in [0.05, 0.1) is 17.7 Å². The molecule has 7 aromatic carbocycles. The third kappa shape index (κ3) is 33.7.